The van der Waals surface area contributed by atoms with Crippen LogP contribution in [0.15, 0.2) is 47.7 Å². The molecule has 14 nitrogen and oxygen atoms in total. The van der Waals surface area contributed by atoms with Crippen molar-refractivity contribution >= 4 is 35.0 Å². The van der Waals surface area contributed by atoms with E-state index in [1.54, 1.807) is 31.3 Å². The van der Waals surface area contributed by atoms with Gasteiger partial charge in [-0.05, 0) is 11.1 Å². The number of aryl methyl sites for hydroxylation is 1. The fourth-order valence-electron chi connectivity index (χ4n) is 4.24. The molecular formula is C31H40Cl2N6O8. The molecule has 4 N–H and O–H groups in total. The van der Waals surface area contributed by atoms with Gasteiger partial charge in [0.2, 0.25) is 5.91 Å². The van der Waals surface area contributed by atoms with Crippen molar-refractivity contribution in [1.82, 2.24) is 25.4 Å². The molecule has 0 bridgehead atoms. The summed E-state index contributed by atoms with van der Waals surface area (Å²) in [6, 6.07) is 6.02. The summed E-state index contributed by atoms with van der Waals surface area (Å²) >= 11 is 12.3. The van der Waals surface area contributed by atoms with Crippen molar-refractivity contribution in [3.63, 3.8) is 0 Å². The number of carbonyl (C=O) groups is 2. The summed E-state index contributed by atoms with van der Waals surface area (Å²) in [6.07, 6.45) is 4.19. The van der Waals surface area contributed by atoms with Gasteiger partial charge in [0.25, 0.3) is 11.5 Å². The van der Waals surface area contributed by atoms with Gasteiger partial charge in [0.05, 0.1) is 73.6 Å². The Morgan fingerprint density at radius 1 is 0.915 bits per heavy atom. The first kappa shape index (κ1) is 37.8. The number of nitrogens with zero attached hydrogens (tertiary/aromatic N) is 3. The minimum Gasteiger partial charge on any atom is -0.489 e. The molecule has 16 heteroatoms. The Kier molecular flexibility index (Phi) is 16.6. The molecule has 1 aromatic carbocycles. The number of pyridine rings is 1. The highest BCUT2D eigenvalue weighted by Gasteiger charge is 2.25. The van der Waals surface area contributed by atoms with Crippen molar-refractivity contribution in [2.75, 3.05) is 73.1 Å². The minimum absolute atomic E-state index is 0.0114. The van der Waals surface area contributed by atoms with Gasteiger partial charge in [-0.15, -0.1) is 0 Å². The minimum atomic E-state index is -0.979. The van der Waals surface area contributed by atoms with Gasteiger partial charge >= 0.3 is 0 Å². The zero-order chi connectivity index (χ0) is 34.0. The summed E-state index contributed by atoms with van der Waals surface area (Å²) in [5.41, 5.74) is 6.64. The topological polar surface area (TPSA) is 178 Å². The molecule has 0 aliphatic rings. The molecule has 2 amide bonds. The fourth-order valence-corrected chi connectivity index (χ4v) is 4.78. The second kappa shape index (κ2) is 20.6. The second-order valence-electron chi connectivity index (χ2n) is 9.98. The van der Waals surface area contributed by atoms with E-state index in [0.29, 0.717) is 68.6 Å². The van der Waals surface area contributed by atoms with Crippen molar-refractivity contribution in [1.29, 1.82) is 0 Å². The SMILES string of the molecule is COCCNC(=O)[C@H](Cc1ccc(-c2c(OCCOCCOCCOCCN)cnn(C)c2=O)cc1)NC(=O)c1c(Cl)cncc1Cl. The molecule has 2 heterocycles. The van der Waals surface area contributed by atoms with Gasteiger partial charge < -0.3 is 40.1 Å². The van der Waals surface area contributed by atoms with Crippen LogP contribution in [0.25, 0.3) is 11.1 Å². The number of halogens is 2. The lowest BCUT2D eigenvalue weighted by Gasteiger charge is -2.19. The lowest BCUT2D eigenvalue weighted by molar-refractivity contribution is -0.123. The Balaban J connectivity index is 1.66. The van der Waals surface area contributed by atoms with Crippen LogP contribution in [0.4, 0.5) is 0 Å². The molecule has 0 spiro atoms. The maximum absolute atomic E-state index is 13.1. The lowest BCUT2D eigenvalue weighted by Crippen LogP contribution is -2.48. The zero-order valence-electron chi connectivity index (χ0n) is 26.3. The summed E-state index contributed by atoms with van der Waals surface area (Å²) in [4.78, 5) is 43.1. The smallest absolute Gasteiger partial charge is 0.278 e. The van der Waals surface area contributed by atoms with Crippen LogP contribution in [-0.2, 0) is 37.2 Å². The monoisotopic (exact) mass is 694 g/mol. The average Bonchev–Trinajstić information content (AvgIpc) is 3.05. The van der Waals surface area contributed by atoms with Crippen LogP contribution in [0.2, 0.25) is 10.0 Å². The first-order chi connectivity index (χ1) is 22.8. The van der Waals surface area contributed by atoms with Crippen molar-refractivity contribution in [2.45, 2.75) is 12.5 Å². The highest BCUT2D eigenvalue weighted by molar-refractivity contribution is 6.39. The van der Waals surface area contributed by atoms with Crippen molar-refractivity contribution in [3.05, 3.63) is 74.4 Å². The number of aromatic nitrogens is 3. The van der Waals surface area contributed by atoms with Gasteiger partial charge in [0, 0.05) is 46.1 Å². The number of amides is 2. The zero-order valence-corrected chi connectivity index (χ0v) is 27.8. The molecule has 2 aromatic heterocycles. The van der Waals surface area contributed by atoms with Crippen molar-refractivity contribution < 1.29 is 33.3 Å². The molecule has 0 saturated heterocycles. The molecule has 0 radical (unpaired) electrons. The Hall–Kier alpha value is -3.63. The first-order valence-electron chi connectivity index (χ1n) is 14.8. The Morgan fingerprint density at radius 2 is 1.53 bits per heavy atom. The highest BCUT2D eigenvalue weighted by Crippen LogP contribution is 2.27. The Morgan fingerprint density at radius 3 is 2.15 bits per heavy atom. The van der Waals surface area contributed by atoms with E-state index in [9.17, 15) is 14.4 Å². The van der Waals surface area contributed by atoms with Crippen LogP contribution in [0, 0.1) is 0 Å². The molecule has 0 saturated carbocycles. The van der Waals surface area contributed by atoms with Crippen LogP contribution in [0.5, 0.6) is 5.75 Å². The molecule has 47 heavy (non-hydrogen) atoms. The maximum Gasteiger partial charge on any atom is 0.278 e. The third kappa shape index (κ3) is 12.2. The van der Waals surface area contributed by atoms with Crippen molar-refractivity contribution in [2.24, 2.45) is 12.8 Å². The van der Waals surface area contributed by atoms with E-state index >= 15 is 0 Å². The number of methoxy groups -OCH3 is 1. The molecule has 0 fully saturated rings. The van der Waals surface area contributed by atoms with E-state index in [1.165, 1.54) is 30.4 Å². The largest absolute Gasteiger partial charge is 0.489 e. The number of nitrogens with one attached hydrogen (secondary N) is 2. The predicted molar refractivity (Wildman–Crippen MR) is 176 cm³/mol. The second-order valence-corrected chi connectivity index (χ2v) is 10.8. The number of rotatable bonds is 21. The summed E-state index contributed by atoms with van der Waals surface area (Å²) in [5, 5.41) is 9.66. The third-order valence-electron chi connectivity index (χ3n) is 6.58. The number of hydrogen-bond acceptors (Lipinski definition) is 11. The summed E-state index contributed by atoms with van der Waals surface area (Å²) in [7, 11) is 3.06. The van der Waals surface area contributed by atoms with Gasteiger partial charge in [-0.1, -0.05) is 47.5 Å². The van der Waals surface area contributed by atoms with E-state index in [1.807, 2.05) is 0 Å². The highest BCUT2D eigenvalue weighted by atomic mass is 35.5. The maximum atomic E-state index is 13.1. The van der Waals surface area contributed by atoms with E-state index in [4.69, 9.17) is 52.6 Å². The first-order valence-corrected chi connectivity index (χ1v) is 15.6. The van der Waals surface area contributed by atoms with Gasteiger partial charge in [-0.3, -0.25) is 19.4 Å². The van der Waals surface area contributed by atoms with E-state index in [2.05, 4.69) is 20.7 Å². The summed E-state index contributed by atoms with van der Waals surface area (Å²) < 4.78 is 28.3. The molecule has 3 rings (SSSR count). The number of benzene rings is 1. The fraction of sp³-hybridized carbons (Fsp3) is 0.452. The van der Waals surface area contributed by atoms with Crippen LogP contribution in [-0.4, -0.2) is 106 Å². The van der Waals surface area contributed by atoms with Crippen LogP contribution in [0.3, 0.4) is 0 Å². The Labute approximate surface area is 282 Å². The van der Waals surface area contributed by atoms with Crippen LogP contribution in [0.1, 0.15) is 15.9 Å². The average molecular weight is 696 g/mol. The predicted octanol–water partition coefficient (Wildman–Crippen LogP) is 1.64. The quantitative estimate of drug-likeness (QED) is 0.138. The molecule has 1 atom stereocenters. The normalized spacial score (nSPS) is 11.7. The van der Waals surface area contributed by atoms with Crippen LogP contribution < -0.4 is 26.7 Å². The third-order valence-corrected chi connectivity index (χ3v) is 7.16. The summed E-state index contributed by atoms with van der Waals surface area (Å²) in [5.74, 6) is -0.756. The van der Waals surface area contributed by atoms with Gasteiger partial charge in [-0.25, -0.2) is 4.68 Å². The Bertz CT molecular complexity index is 1470. The number of hydrogen-bond donors (Lipinski definition) is 3. The van der Waals surface area contributed by atoms with Gasteiger partial charge in [0.1, 0.15) is 12.6 Å². The van der Waals surface area contributed by atoms with Gasteiger partial charge in [-0.2, -0.15) is 5.10 Å². The summed E-state index contributed by atoms with van der Waals surface area (Å²) in [6.45, 7) is 3.66. The lowest BCUT2D eigenvalue weighted by atomic mass is 10.0. The van der Waals surface area contributed by atoms with Crippen molar-refractivity contribution in [3.8, 4) is 16.9 Å². The molecule has 256 valence electrons. The molecule has 0 unspecified atom stereocenters. The molecule has 0 aliphatic carbocycles. The standard InChI is InChI=1S/C31H40Cl2N6O8/c1-39-31(42)27(26(20-37-39)47-16-15-46-14-13-45-12-11-44-9-7-34)22-5-3-21(4-6-22)17-25(29(40)36-8-10-43-2)38-30(41)28-23(32)18-35-19-24(28)33/h3-6,18-20,25H,7-17,34H2,1-2H3,(H,36,40)(H,38,41)/t25-/m0/s1. The van der Waals surface area contributed by atoms with E-state index in [0.717, 1.165) is 0 Å². The number of nitrogens with two attached hydrogens (primary N) is 1. The number of carbonyl (C=O) groups excluding carboxylic acids is 2. The van der Waals surface area contributed by atoms with E-state index < -0.39 is 17.9 Å². The number of ether oxygens (including phenoxy) is 5. The van der Waals surface area contributed by atoms with Crippen LogP contribution >= 0.6 is 23.2 Å². The molecule has 3 aromatic rings. The molecule has 0 aliphatic heterocycles. The molecular weight excluding hydrogens is 655 g/mol. The van der Waals surface area contributed by atoms with E-state index in [-0.39, 0.29) is 47.3 Å². The van der Waals surface area contributed by atoms with Gasteiger partial charge in [0.15, 0.2) is 5.75 Å².